The summed E-state index contributed by atoms with van der Waals surface area (Å²) in [6, 6.07) is 0. The Hall–Kier alpha value is -0.0800. The van der Waals surface area contributed by atoms with E-state index in [0.717, 1.165) is 12.8 Å². The van der Waals surface area contributed by atoms with Crippen LogP contribution in [0.3, 0.4) is 0 Å². The van der Waals surface area contributed by atoms with Gasteiger partial charge in [0.05, 0.1) is 12.2 Å². The highest BCUT2D eigenvalue weighted by molar-refractivity contribution is 5.11. The van der Waals surface area contributed by atoms with Gasteiger partial charge in [-0.05, 0) is 36.5 Å². The van der Waals surface area contributed by atoms with Crippen molar-refractivity contribution < 1.29 is 10.2 Å². The molecule has 0 heterocycles. The van der Waals surface area contributed by atoms with Crippen LogP contribution in [0.5, 0.6) is 0 Å². The lowest BCUT2D eigenvalue weighted by Gasteiger charge is -2.44. The number of hydrogen-bond donors (Lipinski definition) is 2. The Morgan fingerprint density at radius 1 is 1.25 bits per heavy atom. The van der Waals surface area contributed by atoms with Gasteiger partial charge in [0.2, 0.25) is 0 Å². The summed E-state index contributed by atoms with van der Waals surface area (Å²) in [5.41, 5.74) is -0.874. The molecule has 70 valence electrons. The zero-order valence-electron chi connectivity index (χ0n) is 7.88. The van der Waals surface area contributed by atoms with Crippen LogP contribution < -0.4 is 0 Å². The summed E-state index contributed by atoms with van der Waals surface area (Å²) >= 11 is 0. The molecular formula is C10H18O2. The molecule has 3 atom stereocenters. The zero-order valence-corrected chi connectivity index (χ0v) is 7.88. The molecule has 0 radical (unpaired) electrons. The molecule has 0 aliphatic heterocycles. The molecule has 0 aromatic carbocycles. The van der Waals surface area contributed by atoms with Gasteiger partial charge in [0.25, 0.3) is 0 Å². The SMILES string of the molecule is CC1(C)[C@H]2CC[C@H](C2)[C@@]1(O)CO. The fourth-order valence-electron chi connectivity index (χ4n) is 3.28. The lowest BCUT2D eigenvalue weighted by Crippen LogP contribution is -2.52. The fourth-order valence-corrected chi connectivity index (χ4v) is 3.28. The van der Waals surface area contributed by atoms with Crippen molar-refractivity contribution in [2.45, 2.75) is 38.7 Å². The van der Waals surface area contributed by atoms with E-state index in [-0.39, 0.29) is 12.0 Å². The average molecular weight is 170 g/mol. The number of hydrogen-bond acceptors (Lipinski definition) is 2. The molecular weight excluding hydrogens is 152 g/mol. The van der Waals surface area contributed by atoms with Gasteiger partial charge in [-0.15, -0.1) is 0 Å². The molecule has 2 bridgehead atoms. The smallest absolute Gasteiger partial charge is 0.0958 e. The Bertz CT molecular complexity index is 200. The van der Waals surface area contributed by atoms with Gasteiger partial charge in [-0.25, -0.2) is 0 Å². The van der Waals surface area contributed by atoms with E-state index in [1.54, 1.807) is 0 Å². The zero-order chi connectivity index (χ0) is 8.98. The van der Waals surface area contributed by atoms with E-state index in [4.69, 9.17) is 0 Å². The Balaban J connectivity index is 2.34. The second-order valence-electron chi connectivity index (χ2n) is 5.01. The van der Waals surface area contributed by atoms with Gasteiger partial charge in [-0.1, -0.05) is 13.8 Å². The van der Waals surface area contributed by atoms with Crippen molar-refractivity contribution in [2.24, 2.45) is 17.3 Å². The largest absolute Gasteiger partial charge is 0.393 e. The van der Waals surface area contributed by atoms with Crippen LogP contribution in [0.2, 0.25) is 0 Å². The highest BCUT2D eigenvalue weighted by Gasteiger charge is 2.61. The van der Waals surface area contributed by atoms with Crippen molar-refractivity contribution in [3.8, 4) is 0 Å². The molecule has 0 amide bonds. The van der Waals surface area contributed by atoms with E-state index in [9.17, 15) is 10.2 Å². The summed E-state index contributed by atoms with van der Waals surface area (Å²) < 4.78 is 0. The average Bonchev–Trinajstić information content (AvgIpc) is 2.55. The van der Waals surface area contributed by atoms with E-state index in [0.29, 0.717) is 11.8 Å². The maximum Gasteiger partial charge on any atom is 0.0958 e. The minimum atomic E-state index is -0.796. The van der Waals surface area contributed by atoms with Crippen molar-refractivity contribution in [3.63, 3.8) is 0 Å². The van der Waals surface area contributed by atoms with Crippen LogP contribution in [-0.2, 0) is 0 Å². The van der Waals surface area contributed by atoms with Crippen LogP contribution in [0.25, 0.3) is 0 Å². The topological polar surface area (TPSA) is 40.5 Å². The monoisotopic (exact) mass is 170 g/mol. The summed E-state index contributed by atoms with van der Waals surface area (Å²) in [5, 5.41) is 19.5. The summed E-state index contributed by atoms with van der Waals surface area (Å²) in [4.78, 5) is 0. The van der Waals surface area contributed by atoms with Crippen LogP contribution in [-0.4, -0.2) is 22.4 Å². The summed E-state index contributed by atoms with van der Waals surface area (Å²) in [6.45, 7) is 4.11. The molecule has 2 rings (SSSR count). The van der Waals surface area contributed by atoms with E-state index < -0.39 is 5.60 Å². The maximum absolute atomic E-state index is 10.3. The molecule has 0 unspecified atom stereocenters. The molecule has 2 saturated carbocycles. The molecule has 2 nitrogen and oxygen atoms in total. The van der Waals surface area contributed by atoms with Gasteiger partial charge < -0.3 is 10.2 Å². The normalized spacial score (nSPS) is 50.0. The van der Waals surface area contributed by atoms with Crippen LogP contribution in [0, 0.1) is 17.3 Å². The lowest BCUT2D eigenvalue weighted by atomic mass is 9.66. The number of aliphatic hydroxyl groups is 2. The van der Waals surface area contributed by atoms with Crippen molar-refractivity contribution >= 4 is 0 Å². The van der Waals surface area contributed by atoms with E-state index in [1.807, 2.05) is 0 Å². The molecule has 2 fully saturated rings. The minimum Gasteiger partial charge on any atom is -0.393 e. The van der Waals surface area contributed by atoms with E-state index in [1.165, 1.54) is 6.42 Å². The Kier molecular flexibility index (Phi) is 1.59. The first-order chi connectivity index (χ1) is 5.52. The summed E-state index contributed by atoms with van der Waals surface area (Å²) in [5.74, 6) is 0.974. The van der Waals surface area contributed by atoms with Gasteiger partial charge in [0.15, 0.2) is 0 Å². The van der Waals surface area contributed by atoms with Crippen molar-refractivity contribution in [2.75, 3.05) is 6.61 Å². The number of rotatable bonds is 1. The number of fused-ring (bicyclic) bond motifs is 2. The summed E-state index contributed by atoms with van der Waals surface area (Å²) in [7, 11) is 0. The molecule has 2 aliphatic carbocycles. The van der Waals surface area contributed by atoms with E-state index in [2.05, 4.69) is 13.8 Å². The Morgan fingerprint density at radius 3 is 2.17 bits per heavy atom. The molecule has 0 saturated heterocycles. The standard InChI is InChI=1S/C10H18O2/c1-9(2)7-3-4-8(5-7)10(9,12)6-11/h7-8,11-12H,3-6H2,1-2H3/t7-,8+,10-/m0/s1. The molecule has 12 heavy (non-hydrogen) atoms. The molecule has 0 spiro atoms. The van der Waals surface area contributed by atoms with Gasteiger partial charge in [0.1, 0.15) is 0 Å². The number of aliphatic hydroxyl groups excluding tert-OH is 1. The van der Waals surface area contributed by atoms with Gasteiger partial charge in [-0.3, -0.25) is 0 Å². The third kappa shape index (κ3) is 0.728. The Morgan fingerprint density at radius 2 is 1.83 bits per heavy atom. The molecule has 0 aromatic heterocycles. The Labute approximate surface area is 73.6 Å². The molecule has 2 aliphatic rings. The first kappa shape index (κ1) is 8.52. The quantitative estimate of drug-likeness (QED) is 0.620. The van der Waals surface area contributed by atoms with Crippen LogP contribution in [0.15, 0.2) is 0 Å². The third-order valence-electron chi connectivity index (χ3n) is 4.49. The van der Waals surface area contributed by atoms with Gasteiger partial charge in [-0.2, -0.15) is 0 Å². The van der Waals surface area contributed by atoms with Gasteiger partial charge >= 0.3 is 0 Å². The minimum absolute atomic E-state index is 0.0683. The highest BCUT2D eigenvalue weighted by Crippen LogP contribution is 2.61. The first-order valence-corrected chi connectivity index (χ1v) is 4.85. The summed E-state index contributed by atoms with van der Waals surface area (Å²) in [6.07, 6.45) is 3.45. The van der Waals surface area contributed by atoms with Crippen LogP contribution >= 0.6 is 0 Å². The first-order valence-electron chi connectivity index (χ1n) is 4.85. The third-order valence-corrected chi connectivity index (χ3v) is 4.49. The second-order valence-corrected chi connectivity index (χ2v) is 5.01. The predicted octanol–water partition coefficient (Wildman–Crippen LogP) is 1.17. The predicted molar refractivity (Wildman–Crippen MR) is 46.6 cm³/mol. The maximum atomic E-state index is 10.3. The molecule has 2 heteroatoms. The van der Waals surface area contributed by atoms with Crippen molar-refractivity contribution in [1.82, 2.24) is 0 Å². The second kappa shape index (κ2) is 2.24. The van der Waals surface area contributed by atoms with Crippen LogP contribution in [0.1, 0.15) is 33.1 Å². The lowest BCUT2D eigenvalue weighted by molar-refractivity contribution is -0.135. The van der Waals surface area contributed by atoms with Crippen molar-refractivity contribution in [3.05, 3.63) is 0 Å². The highest BCUT2D eigenvalue weighted by atomic mass is 16.3. The van der Waals surface area contributed by atoms with E-state index >= 15 is 0 Å². The molecule has 0 aromatic rings. The van der Waals surface area contributed by atoms with Gasteiger partial charge in [0, 0.05) is 0 Å². The molecule has 2 N–H and O–H groups in total. The van der Waals surface area contributed by atoms with Crippen molar-refractivity contribution in [1.29, 1.82) is 0 Å². The fraction of sp³-hybridized carbons (Fsp3) is 1.00. The van der Waals surface area contributed by atoms with Crippen LogP contribution in [0.4, 0.5) is 0 Å².